The largest absolute Gasteiger partial charge is 0.352 e. The van der Waals surface area contributed by atoms with Crippen molar-refractivity contribution in [2.45, 2.75) is 19.5 Å². The molecule has 2 rings (SSSR count). The Kier molecular flexibility index (Phi) is 8.17. The molecule has 0 saturated heterocycles. The lowest BCUT2D eigenvalue weighted by Gasteiger charge is -2.20. The number of nitrogens with two attached hydrogens (primary N) is 1. The minimum Gasteiger partial charge on any atom is -0.352 e. The van der Waals surface area contributed by atoms with Crippen LogP contribution in [-0.2, 0) is 11.3 Å². The Balaban J connectivity index is 1.83. The van der Waals surface area contributed by atoms with Crippen molar-refractivity contribution in [1.82, 2.24) is 15.5 Å². The number of nitrogens with zero attached hydrogens (tertiary/aromatic N) is 1. The van der Waals surface area contributed by atoms with Crippen molar-refractivity contribution in [2.24, 2.45) is 11.7 Å². The number of hydrogen-bond acceptors (Lipinski definition) is 4. The summed E-state index contributed by atoms with van der Waals surface area (Å²) in [4.78, 5) is 26.5. The van der Waals surface area contributed by atoms with Gasteiger partial charge in [-0.1, -0.05) is 49.4 Å². The molecule has 0 aromatic heterocycles. The van der Waals surface area contributed by atoms with Crippen molar-refractivity contribution in [1.29, 1.82) is 0 Å². The number of benzene rings is 2. The van der Waals surface area contributed by atoms with Gasteiger partial charge in [-0.2, -0.15) is 0 Å². The van der Waals surface area contributed by atoms with Gasteiger partial charge in [-0.15, -0.1) is 0 Å². The Labute approximate surface area is 167 Å². The first-order valence-corrected chi connectivity index (χ1v) is 9.48. The first-order valence-electron chi connectivity index (χ1n) is 9.48. The van der Waals surface area contributed by atoms with E-state index in [1.807, 2.05) is 68.4 Å². The van der Waals surface area contributed by atoms with E-state index in [1.54, 1.807) is 12.1 Å². The van der Waals surface area contributed by atoms with E-state index in [9.17, 15) is 9.59 Å². The first kappa shape index (κ1) is 21.6. The Morgan fingerprint density at radius 2 is 1.64 bits per heavy atom. The number of nitrogens with one attached hydrogen (secondary N) is 2. The molecule has 2 aromatic carbocycles. The summed E-state index contributed by atoms with van der Waals surface area (Å²) in [7, 11) is 3.92. The van der Waals surface area contributed by atoms with E-state index in [2.05, 4.69) is 10.6 Å². The van der Waals surface area contributed by atoms with Crippen molar-refractivity contribution < 1.29 is 9.59 Å². The van der Waals surface area contributed by atoms with E-state index in [0.717, 1.165) is 17.7 Å². The van der Waals surface area contributed by atoms with Gasteiger partial charge in [-0.25, -0.2) is 0 Å². The smallest absolute Gasteiger partial charge is 0.251 e. The average Bonchev–Trinajstić information content (AvgIpc) is 2.71. The molecule has 0 aliphatic heterocycles. The van der Waals surface area contributed by atoms with Crippen molar-refractivity contribution in [3.05, 3.63) is 71.3 Å². The summed E-state index contributed by atoms with van der Waals surface area (Å²) in [5, 5.41) is 5.80. The molecule has 4 N–H and O–H groups in total. The predicted octanol–water partition coefficient (Wildman–Crippen LogP) is 1.93. The predicted molar refractivity (Wildman–Crippen MR) is 112 cm³/mol. The Hall–Kier alpha value is -2.70. The van der Waals surface area contributed by atoms with Crippen molar-refractivity contribution in [3.8, 4) is 0 Å². The molecular formula is C22H30N4O2. The molecule has 2 unspecified atom stereocenters. The third-order valence-electron chi connectivity index (χ3n) is 4.66. The molecule has 6 heteroatoms. The van der Waals surface area contributed by atoms with Crippen LogP contribution in [0.3, 0.4) is 0 Å². The van der Waals surface area contributed by atoms with Crippen LogP contribution in [0.1, 0.15) is 34.5 Å². The zero-order valence-corrected chi connectivity index (χ0v) is 16.8. The maximum Gasteiger partial charge on any atom is 0.251 e. The van der Waals surface area contributed by atoms with E-state index in [-0.39, 0.29) is 23.8 Å². The maximum atomic E-state index is 12.4. The van der Waals surface area contributed by atoms with Crippen molar-refractivity contribution >= 4 is 11.8 Å². The summed E-state index contributed by atoms with van der Waals surface area (Å²) in [6.07, 6.45) is 0. The zero-order chi connectivity index (χ0) is 20.5. The molecule has 6 nitrogen and oxygen atoms in total. The monoisotopic (exact) mass is 382 g/mol. The summed E-state index contributed by atoms with van der Waals surface area (Å²) in [6, 6.07) is 16.5. The Morgan fingerprint density at radius 1 is 1.00 bits per heavy atom. The molecule has 0 heterocycles. The van der Waals surface area contributed by atoms with E-state index >= 15 is 0 Å². The van der Waals surface area contributed by atoms with Crippen LogP contribution in [0.2, 0.25) is 0 Å². The van der Waals surface area contributed by atoms with Crippen LogP contribution in [0.5, 0.6) is 0 Å². The molecule has 2 aromatic rings. The fraction of sp³-hybridized carbons (Fsp3) is 0.364. The van der Waals surface area contributed by atoms with E-state index in [1.165, 1.54) is 0 Å². The van der Waals surface area contributed by atoms with Gasteiger partial charge in [0.05, 0.1) is 5.92 Å². The van der Waals surface area contributed by atoms with Gasteiger partial charge < -0.3 is 21.3 Å². The van der Waals surface area contributed by atoms with Crippen LogP contribution < -0.4 is 16.4 Å². The van der Waals surface area contributed by atoms with Crippen molar-refractivity contribution in [2.75, 3.05) is 27.2 Å². The lowest BCUT2D eigenvalue weighted by molar-refractivity contribution is -0.125. The van der Waals surface area contributed by atoms with Gasteiger partial charge >= 0.3 is 0 Å². The number of rotatable bonds is 9. The maximum absolute atomic E-state index is 12.4. The minimum atomic E-state index is -0.352. The Bertz CT molecular complexity index is 760. The molecule has 0 radical (unpaired) electrons. The lowest BCUT2D eigenvalue weighted by Crippen LogP contribution is -2.35. The normalized spacial score (nSPS) is 13.0. The number of likely N-dealkylation sites (N-methyl/N-ethyl adjacent to an activating group) is 1. The van der Waals surface area contributed by atoms with E-state index in [4.69, 9.17) is 5.73 Å². The third-order valence-corrected chi connectivity index (χ3v) is 4.66. The summed E-state index contributed by atoms with van der Waals surface area (Å²) in [5.74, 6) is -0.536. The standard InChI is InChI=1S/C22H30N4O2/c1-16(20(23)18-7-5-4-6-8-18)21(27)25-15-17-9-11-19(12-10-17)22(28)24-13-14-26(2)3/h4-12,16,20H,13-15,23H2,1-3H3,(H,24,28)(H,25,27). The highest BCUT2D eigenvalue weighted by atomic mass is 16.2. The van der Waals surface area contributed by atoms with Gasteiger partial charge in [0.1, 0.15) is 0 Å². The van der Waals surface area contributed by atoms with Crippen LogP contribution in [0.25, 0.3) is 0 Å². The second kappa shape index (κ2) is 10.6. The molecular weight excluding hydrogens is 352 g/mol. The molecule has 28 heavy (non-hydrogen) atoms. The molecule has 0 fully saturated rings. The zero-order valence-electron chi connectivity index (χ0n) is 16.8. The van der Waals surface area contributed by atoms with Crippen LogP contribution in [0.15, 0.2) is 54.6 Å². The van der Waals surface area contributed by atoms with Crippen LogP contribution in [0.4, 0.5) is 0 Å². The number of carbonyl (C=O) groups is 2. The molecule has 150 valence electrons. The lowest BCUT2D eigenvalue weighted by atomic mass is 9.94. The molecule has 0 bridgehead atoms. The number of hydrogen-bond donors (Lipinski definition) is 3. The molecule has 2 amide bonds. The van der Waals surface area contributed by atoms with Crippen LogP contribution in [-0.4, -0.2) is 43.9 Å². The van der Waals surface area contributed by atoms with Gasteiger partial charge in [0.25, 0.3) is 5.91 Å². The fourth-order valence-corrected chi connectivity index (χ4v) is 2.75. The second-order valence-electron chi connectivity index (χ2n) is 7.20. The summed E-state index contributed by atoms with van der Waals surface area (Å²) in [6.45, 7) is 3.61. The number of carbonyl (C=O) groups excluding carboxylic acids is 2. The van der Waals surface area contributed by atoms with E-state index < -0.39 is 0 Å². The summed E-state index contributed by atoms with van der Waals surface area (Å²) < 4.78 is 0. The Morgan fingerprint density at radius 3 is 2.25 bits per heavy atom. The summed E-state index contributed by atoms with van der Waals surface area (Å²) in [5.41, 5.74) is 8.69. The van der Waals surface area contributed by atoms with Gasteiger partial charge in [0.15, 0.2) is 0 Å². The fourth-order valence-electron chi connectivity index (χ4n) is 2.75. The minimum absolute atomic E-state index is 0.0955. The molecule has 2 atom stereocenters. The second-order valence-corrected chi connectivity index (χ2v) is 7.20. The van der Waals surface area contributed by atoms with Gasteiger partial charge in [0, 0.05) is 31.2 Å². The molecule has 0 aliphatic rings. The van der Waals surface area contributed by atoms with Crippen molar-refractivity contribution in [3.63, 3.8) is 0 Å². The van der Waals surface area contributed by atoms with Gasteiger partial charge in [-0.3, -0.25) is 9.59 Å². The topological polar surface area (TPSA) is 87.5 Å². The quantitative estimate of drug-likeness (QED) is 0.618. The first-order chi connectivity index (χ1) is 13.4. The third kappa shape index (κ3) is 6.48. The molecule has 0 spiro atoms. The highest BCUT2D eigenvalue weighted by molar-refractivity contribution is 5.94. The highest BCUT2D eigenvalue weighted by Gasteiger charge is 2.21. The van der Waals surface area contributed by atoms with E-state index in [0.29, 0.717) is 18.7 Å². The SMILES string of the molecule is CC(C(=O)NCc1ccc(C(=O)NCCN(C)C)cc1)C(N)c1ccccc1. The van der Waals surface area contributed by atoms with Crippen LogP contribution >= 0.6 is 0 Å². The molecule has 0 aliphatic carbocycles. The average molecular weight is 383 g/mol. The molecule has 0 saturated carbocycles. The highest BCUT2D eigenvalue weighted by Crippen LogP contribution is 2.19. The number of amides is 2. The summed E-state index contributed by atoms with van der Waals surface area (Å²) >= 11 is 0. The van der Waals surface area contributed by atoms with Crippen LogP contribution in [0, 0.1) is 5.92 Å². The van der Waals surface area contributed by atoms with Gasteiger partial charge in [0.2, 0.25) is 5.91 Å². The van der Waals surface area contributed by atoms with Gasteiger partial charge in [-0.05, 0) is 37.4 Å².